The van der Waals surface area contributed by atoms with Crippen molar-refractivity contribution in [3.63, 3.8) is 0 Å². The second-order valence-electron chi connectivity index (χ2n) is 5.87. The summed E-state index contributed by atoms with van der Waals surface area (Å²) in [6.07, 6.45) is 0. The minimum atomic E-state index is -1.32. The first-order chi connectivity index (χ1) is 13.0. The maximum Gasteiger partial charge on any atom is 0.322 e. The SMILES string of the molecule is O=C1NC(=O)C(CSC(=O)c2ccccc2)(CSC(=O)c2ccccc2)N1. The second kappa shape index (κ2) is 8.41. The van der Waals surface area contributed by atoms with Gasteiger partial charge in [-0.05, 0) is 0 Å². The average molecular weight is 400 g/mol. The highest BCUT2D eigenvalue weighted by Crippen LogP contribution is 2.26. The van der Waals surface area contributed by atoms with Crippen molar-refractivity contribution >= 4 is 45.7 Å². The molecule has 1 fully saturated rings. The van der Waals surface area contributed by atoms with Crippen molar-refractivity contribution in [3.8, 4) is 0 Å². The summed E-state index contributed by atoms with van der Waals surface area (Å²) in [5.74, 6) is -0.463. The Morgan fingerprint density at radius 2 is 1.22 bits per heavy atom. The van der Waals surface area contributed by atoms with Crippen LogP contribution in [-0.4, -0.2) is 39.2 Å². The van der Waals surface area contributed by atoms with Gasteiger partial charge in [0.15, 0.2) is 0 Å². The maximum atomic E-state index is 12.4. The number of rotatable bonds is 6. The van der Waals surface area contributed by atoms with Crippen LogP contribution in [0.4, 0.5) is 4.79 Å². The fourth-order valence-electron chi connectivity index (χ4n) is 2.47. The number of carbonyl (C=O) groups is 4. The molecule has 0 aromatic heterocycles. The minimum absolute atomic E-state index is 0.0351. The number of thioether (sulfide) groups is 2. The first-order valence-corrected chi connectivity index (χ1v) is 10.1. The van der Waals surface area contributed by atoms with Crippen LogP contribution in [0.1, 0.15) is 20.7 Å². The van der Waals surface area contributed by atoms with E-state index in [2.05, 4.69) is 10.6 Å². The summed E-state index contributed by atoms with van der Waals surface area (Å²) < 4.78 is 0. The number of nitrogens with one attached hydrogen (secondary N) is 2. The summed E-state index contributed by atoms with van der Waals surface area (Å²) in [6, 6.07) is 16.7. The maximum absolute atomic E-state index is 12.4. The van der Waals surface area contributed by atoms with Crippen molar-refractivity contribution in [2.24, 2.45) is 0 Å². The molecule has 1 heterocycles. The molecule has 3 amide bonds. The number of hydrogen-bond acceptors (Lipinski definition) is 6. The molecule has 1 aliphatic heterocycles. The zero-order chi connectivity index (χ0) is 19.3. The van der Waals surface area contributed by atoms with Gasteiger partial charge in [-0.2, -0.15) is 0 Å². The Morgan fingerprint density at radius 3 is 1.59 bits per heavy atom. The molecular formula is C19H16N2O4S2. The van der Waals surface area contributed by atoms with Crippen LogP contribution in [0.25, 0.3) is 0 Å². The van der Waals surface area contributed by atoms with Gasteiger partial charge in [-0.1, -0.05) is 84.2 Å². The Labute approximate surface area is 164 Å². The smallest absolute Gasteiger partial charge is 0.322 e. The number of urea groups is 1. The van der Waals surface area contributed by atoms with Gasteiger partial charge in [-0.15, -0.1) is 0 Å². The number of hydrogen-bond donors (Lipinski definition) is 2. The second-order valence-corrected chi connectivity index (χ2v) is 7.77. The highest BCUT2D eigenvalue weighted by atomic mass is 32.2. The Balaban J connectivity index is 1.69. The molecule has 27 heavy (non-hydrogen) atoms. The van der Waals surface area contributed by atoms with E-state index in [1.807, 2.05) is 0 Å². The molecule has 2 aromatic carbocycles. The molecule has 1 aliphatic rings. The molecule has 0 radical (unpaired) electrons. The van der Waals surface area contributed by atoms with E-state index in [9.17, 15) is 19.2 Å². The van der Waals surface area contributed by atoms with Crippen molar-refractivity contribution < 1.29 is 19.2 Å². The topological polar surface area (TPSA) is 92.3 Å². The number of carbonyl (C=O) groups excluding carboxylic acids is 4. The van der Waals surface area contributed by atoms with E-state index < -0.39 is 17.5 Å². The van der Waals surface area contributed by atoms with Gasteiger partial charge in [0.1, 0.15) is 5.54 Å². The van der Waals surface area contributed by atoms with Gasteiger partial charge in [0.05, 0.1) is 0 Å². The van der Waals surface area contributed by atoms with Crippen LogP contribution in [0.2, 0.25) is 0 Å². The highest BCUT2D eigenvalue weighted by molar-refractivity contribution is 8.15. The van der Waals surface area contributed by atoms with E-state index in [4.69, 9.17) is 0 Å². The van der Waals surface area contributed by atoms with Crippen LogP contribution < -0.4 is 10.6 Å². The third-order valence-corrected chi connectivity index (χ3v) is 6.20. The molecule has 0 bridgehead atoms. The zero-order valence-corrected chi connectivity index (χ0v) is 15.8. The van der Waals surface area contributed by atoms with Crippen molar-refractivity contribution in [2.45, 2.75) is 5.54 Å². The summed E-state index contributed by atoms with van der Waals surface area (Å²) in [5, 5.41) is 4.37. The molecule has 0 saturated carbocycles. The van der Waals surface area contributed by atoms with E-state index in [-0.39, 0.29) is 21.7 Å². The van der Waals surface area contributed by atoms with Gasteiger partial charge in [-0.25, -0.2) is 4.79 Å². The number of amides is 3. The predicted molar refractivity (Wildman–Crippen MR) is 106 cm³/mol. The molecule has 8 heteroatoms. The molecular weight excluding hydrogens is 384 g/mol. The molecule has 0 unspecified atom stereocenters. The Morgan fingerprint density at radius 1 is 0.778 bits per heavy atom. The summed E-state index contributed by atoms with van der Waals surface area (Å²) in [6.45, 7) is 0. The molecule has 2 aromatic rings. The fraction of sp³-hybridized carbons (Fsp3) is 0.158. The lowest BCUT2D eigenvalue weighted by molar-refractivity contribution is -0.122. The lowest BCUT2D eigenvalue weighted by Crippen LogP contribution is -2.52. The molecule has 3 rings (SSSR count). The normalized spacial score (nSPS) is 15.1. The molecule has 138 valence electrons. The van der Waals surface area contributed by atoms with Gasteiger partial charge >= 0.3 is 6.03 Å². The first kappa shape index (κ1) is 19.2. The van der Waals surface area contributed by atoms with Gasteiger partial charge in [-0.3, -0.25) is 19.7 Å². The van der Waals surface area contributed by atoms with Gasteiger partial charge in [0, 0.05) is 22.6 Å². The average Bonchev–Trinajstić information content (AvgIpc) is 2.99. The Kier molecular flexibility index (Phi) is 5.98. The Bertz CT molecular complexity index is 816. The fourth-order valence-corrected chi connectivity index (χ4v) is 4.57. The van der Waals surface area contributed by atoms with Crippen LogP contribution in [0.15, 0.2) is 60.7 Å². The van der Waals surface area contributed by atoms with Crippen LogP contribution in [0, 0.1) is 0 Å². The van der Waals surface area contributed by atoms with Crippen LogP contribution in [0.5, 0.6) is 0 Å². The summed E-state index contributed by atoms with van der Waals surface area (Å²) in [5.41, 5.74) is -0.299. The minimum Gasteiger partial charge on any atom is -0.322 e. The van der Waals surface area contributed by atoms with Crippen LogP contribution in [-0.2, 0) is 4.79 Å². The van der Waals surface area contributed by atoms with Crippen LogP contribution in [0.3, 0.4) is 0 Å². The van der Waals surface area contributed by atoms with Gasteiger partial charge < -0.3 is 5.32 Å². The molecule has 2 N–H and O–H groups in total. The Hall–Kier alpha value is -2.58. The van der Waals surface area contributed by atoms with E-state index >= 15 is 0 Å². The van der Waals surface area contributed by atoms with Gasteiger partial charge in [0.25, 0.3) is 5.91 Å². The van der Waals surface area contributed by atoms with E-state index in [0.29, 0.717) is 11.1 Å². The molecule has 0 aliphatic carbocycles. The lowest BCUT2D eigenvalue weighted by atomic mass is 10.1. The van der Waals surface area contributed by atoms with Crippen molar-refractivity contribution in [2.75, 3.05) is 11.5 Å². The van der Waals surface area contributed by atoms with E-state index in [1.165, 1.54) is 0 Å². The third-order valence-electron chi connectivity index (χ3n) is 3.93. The number of benzene rings is 2. The zero-order valence-electron chi connectivity index (χ0n) is 14.1. The van der Waals surface area contributed by atoms with Crippen molar-refractivity contribution in [1.29, 1.82) is 0 Å². The standard InChI is InChI=1S/C19H16N2O4S2/c22-15(13-7-3-1-4-8-13)26-11-19(17(24)20-18(25)21-19)12-27-16(23)14-9-5-2-6-10-14/h1-10H,11-12H2,(H2,20,21,24,25). The summed E-state index contributed by atoms with van der Waals surface area (Å²) in [7, 11) is 0. The van der Waals surface area contributed by atoms with E-state index in [1.54, 1.807) is 60.7 Å². The first-order valence-electron chi connectivity index (χ1n) is 8.08. The largest absolute Gasteiger partial charge is 0.322 e. The summed E-state index contributed by atoms with van der Waals surface area (Å²) in [4.78, 5) is 48.7. The number of imide groups is 1. The molecule has 0 atom stereocenters. The monoisotopic (exact) mass is 400 g/mol. The predicted octanol–water partition coefficient (Wildman–Crippen LogP) is 2.71. The summed E-state index contributed by atoms with van der Waals surface area (Å²) >= 11 is 1.88. The lowest BCUT2D eigenvalue weighted by Gasteiger charge is -2.24. The molecule has 0 spiro atoms. The van der Waals surface area contributed by atoms with Crippen molar-refractivity contribution in [3.05, 3.63) is 71.8 Å². The van der Waals surface area contributed by atoms with E-state index in [0.717, 1.165) is 23.5 Å². The molecule has 1 saturated heterocycles. The molecule has 6 nitrogen and oxygen atoms in total. The highest BCUT2D eigenvalue weighted by Gasteiger charge is 2.47. The third kappa shape index (κ3) is 4.58. The quantitative estimate of drug-likeness (QED) is 0.725. The van der Waals surface area contributed by atoms with Crippen LogP contribution >= 0.6 is 23.5 Å². The van der Waals surface area contributed by atoms with Crippen molar-refractivity contribution in [1.82, 2.24) is 10.6 Å². The van der Waals surface area contributed by atoms with Gasteiger partial charge in [0.2, 0.25) is 10.2 Å².